The fraction of sp³-hybridized carbons (Fsp3) is 0.200. The second-order valence-electron chi connectivity index (χ2n) is 13.3. The van der Waals surface area contributed by atoms with Crippen molar-refractivity contribution < 1.29 is 10.9 Å². The van der Waals surface area contributed by atoms with E-state index in [0.29, 0.717) is 0 Å². The van der Waals surface area contributed by atoms with Crippen LogP contribution in [0.15, 0.2) is 119 Å². The number of hydrogen-bond acceptors (Lipinski definition) is 4. The van der Waals surface area contributed by atoms with Gasteiger partial charge in [0.25, 0.3) is 0 Å². The monoisotopic (exact) mass is 790 g/mol. The van der Waals surface area contributed by atoms with E-state index < -0.39 is 0 Å². The maximum atomic E-state index is 5.08. The summed E-state index contributed by atoms with van der Waals surface area (Å²) in [6.45, 7) is 13.1. The van der Waals surface area contributed by atoms with E-state index >= 15 is 0 Å². The molecule has 0 unspecified atom stereocenters. The third-order valence-corrected chi connectivity index (χ3v) is 7.81. The van der Waals surface area contributed by atoms with Crippen LogP contribution in [0.4, 0.5) is 11.4 Å². The van der Waals surface area contributed by atoms with Crippen LogP contribution in [0.2, 0.25) is 0 Å². The van der Waals surface area contributed by atoms with Gasteiger partial charge in [0.1, 0.15) is 0 Å². The summed E-state index contributed by atoms with van der Waals surface area (Å²) in [7, 11) is 1.25. The number of halogens is 2. The molecule has 0 atom stereocenters. The number of hydrogen-bond donors (Lipinski definition) is 0. The van der Waals surface area contributed by atoms with E-state index in [1.165, 1.54) is 10.9 Å². The van der Waals surface area contributed by atoms with Gasteiger partial charge in [-0.15, -0.1) is 0 Å². The van der Waals surface area contributed by atoms with Gasteiger partial charge < -0.3 is 0 Å². The molecule has 242 valence electrons. The van der Waals surface area contributed by atoms with Crippen molar-refractivity contribution in [2.45, 2.75) is 52.4 Å². The van der Waals surface area contributed by atoms with Gasteiger partial charge in [0.2, 0.25) is 0 Å². The topological polar surface area (TPSA) is 50.5 Å². The van der Waals surface area contributed by atoms with Crippen LogP contribution in [-0.2, 0) is 21.7 Å². The van der Waals surface area contributed by atoms with E-state index in [1.54, 1.807) is 0 Å². The zero-order valence-electron chi connectivity index (χ0n) is 27.4. The van der Waals surface area contributed by atoms with Crippen molar-refractivity contribution in [3.8, 4) is 11.1 Å². The molecular formula is C40H38Br2N4Ni. The first kappa shape index (κ1) is 34.8. The van der Waals surface area contributed by atoms with Crippen molar-refractivity contribution >= 4 is 73.8 Å². The van der Waals surface area contributed by atoms with E-state index in [1.807, 2.05) is 24.6 Å². The first-order valence-electron chi connectivity index (χ1n) is 15.4. The van der Waals surface area contributed by atoms with Gasteiger partial charge in [-0.1, -0.05) is 114 Å². The SMILES string of the molecule is CC(C)(C)c1cccc(C=Nc2ccc3ccccc3c2-c2c(N=Cc3cccc(C(C)(C)C)n3)ccc3ccccc23)n1.[Br][Ni][Br]. The quantitative estimate of drug-likeness (QED) is 0.129. The summed E-state index contributed by atoms with van der Waals surface area (Å²) >= 11 is 6.00. The molecule has 4 aromatic carbocycles. The molecule has 2 heterocycles. The number of pyridine rings is 2. The Labute approximate surface area is 298 Å². The molecule has 0 aliphatic rings. The summed E-state index contributed by atoms with van der Waals surface area (Å²) in [4.78, 5) is 20.0. The van der Waals surface area contributed by atoms with Gasteiger partial charge in [0.05, 0.1) is 35.2 Å². The molecule has 4 nitrogen and oxygen atoms in total. The number of nitrogens with zero attached hydrogens (tertiary/aromatic N) is 4. The number of rotatable bonds is 5. The molecule has 7 heteroatoms. The van der Waals surface area contributed by atoms with Crippen LogP contribution in [0.1, 0.15) is 64.3 Å². The van der Waals surface area contributed by atoms with Crippen LogP contribution < -0.4 is 0 Å². The van der Waals surface area contributed by atoms with E-state index in [9.17, 15) is 0 Å². The van der Waals surface area contributed by atoms with Crippen LogP contribution in [-0.4, -0.2) is 22.4 Å². The molecule has 0 amide bonds. The summed E-state index contributed by atoms with van der Waals surface area (Å²) in [6, 6.07) is 37.7. The van der Waals surface area contributed by atoms with Crippen LogP contribution in [0.5, 0.6) is 0 Å². The fourth-order valence-electron chi connectivity index (χ4n) is 5.41. The van der Waals surface area contributed by atoms with Gasteiger partial charge in [0, 0.05) is 33.3 Å². The second-order valence-corrected chi connectivity index (χ2v) is 18.3. The Balaban J connectivity index is 0.00000139. The normalized spacial score (nSPS) is 12.3. The minimum atomic E-state index is -0.0466. The summed E-state index contributed by atoms with van der Waals surface area (Å²) in [6.07, 6.45) is 3.75. The number of aromatic nitrogens is 2. The molecule has 47 heavy (non-hydrogen) atoms. The average molecular weight is 793 g/mol. The molecular weight excluding hydrogens is 755 g/mol. The van der Waals surface area contributed by atoms with E-state index in [2.05, 4.69) is 167 Å². The van der Waals surface area contributed by atoms with E-state index in [0.717, 1.165) is 66.8 Å². The van der Waals surface area contributed by atoms with E-state index in [-0.39, 0.29) is 10.8 Å². The summed E-state index contributed by atoms with van der Waals surface area (Å²) in [5.41, 5.74) is 7.47. The van der Waals surface area contributed by atoms with Crippen molar-refractivity contribution in [1.82, 2.24) is 9.97 Å². The molecule has 0 fully saturated rings. The van der Waals surface area contributed by atoms with Gasteiger partial charge in [-0.3, -0.25) is 20.0 Å². The minimum absolute atomic E-state index is 0.0466. The molecule has 0 saturated carbocycles. The van der Waals surface area contributed by atoms with Gasteiger partial charge in [-0.25, -0.2) is 0 Å². The molecule has 0 saturated heterocycles. The van der Waals surface area contributed by atoms with Crippen molar-refractivity contribution in [2.75, 3.05) is 0 Å². The Hall–Kier alpha value is -3.51. The molecule has 6 rings (SSSR count). The number of benzene rings is 4. The van der Waals surface area contributed by atoms with Crippen molar-refractivity contribution in [3.05, 3.63) is 132 Å². The standard InChI is InChI=1S/C40H38N4.2BrH.Ni/c1-39(2,3)35-19-11-15-29(43-35)25-41-33-23-21-27-13-7-9-17-31(27)37(33)38-32-18-10-8-14-28(32)22-24-34(38)42-26-30-16-12-20-36(44-30)40(4,5)6;;;/h7-26H,1-6H3;2*1H;/q;;;+2/p-2. The van der Waals surface area contributed by atoms with Crippen molar-refractivity contribution in [1.29, 1.82) is 0 Å². The molecule has 0 N–H and O–H groups in total. The molecule has 0 spiro atoms. The molecule has 0 radical (unpaired) electrons. The number of fused-ring (bicyclic) bond motifs is 2. The Kier molecular flexibility index (Phi) is 11.2. The van der Waals surface area contributed by atoms with Gasteiger partial charge in [0.15, 0.2) is 0 Å². The molecule has 0 aliphatic carbocycles. The summed E-state index contributed by atoms with van der Waals surface area (Å²) in [5.74, 6) is 0. The Morgan fingerprint density at radius 3 is 1.28 bits per heavy atom. The van der Waals surface area contributed by atoms with Crippen LogP contribution >= 0.6 is 28.5 Å². The third kappa shape index (κ3) is 8.51. The summed E-state index contributed by atoms with van der Waals surface area (Å²) < 4.78 is 0. The second kappa shape index (κ2) is 15.1. The molecule has 0 bridgehead atoms. The Bertz CT molecular complexity index is 1930. The summed E-state index contributed by atoms with van der Waals surface area (Å²) in [5, 5.41) is 4.55. The Morgan fingerprint density at radius 2 is 0.894 bits per heavy atom. The fourth-order valence-corrected chi connectivity index (χ4v) is 5.41. The zero-order chi connectivity index (χ0) is 33.6. The van der Waals surface area contributed by atoms with Crippen LogP contribution in [0.3, 0.4) is 0 Å². The average Bonchev–Trinajstić information content (AvgIpc) is 3.06. The van der Waals surface area contributed by atoms with Crippen molar-refractivity contribution in [3.63, 3.8) is 0 Å². The third-order valence-electron chi connectivity index (χ3n) is 7.81. The zero-order valence-corrected chi connectivity index (χ0v) is 31.6. The number of aliphatic imine (C=N–C) groups is 2. The van der Waals surface area contributed by atoms with Gasteiger partial charge in [-0.05, 0) is 57.9 Å². The first-order valence-corrected chi connectivity index (χ1v) is 20.3. The molecule has 0 aliphatic heterocycles. The predicted octanol–water partition coefficient (Wildman–Crippen LogP) is 12.2. The first-order chi connectivity index (χ1) is 22.5. The molecule has 6 aromatic rings. The van der Waals surface area contributed by atoms with Crippen LogP contribution in [0, 0.1) is 0 Å². The van der Waals surface area contributed by atoms with Gasteiger partial charge in [-0.2, -0.15) is 0 Å². The van der Waals surface area contributed by atoms with Crippen molar-refractivity contribution in [2.24, 2.45) is 9.98 Å². The maximum absolute atomic E-state index is 5.08. The predicted molar refractivity (Wildman–Crippen MR) is 205 cm³/mol. The van der Waals surface area contributed by atoms with E-state index in [4.69, 9.17) is 20.0 Å². The Morgan fingerprint density at radius 1 is 0.511 bits per heavy atom. The molecule has 2 aromatic heterocycles. The van der Waals surface area contributed by atoms with Crippen LogP contribution in [0.25, 0.3) is 32.7 Å². The van der Waals surface area contributed by atoms with Gasteiger partial charge >= 0.3 is 39.3 Å².